The zero-order valence-corrected chi connectivity index (χ0v) is 43.0. The molecule has 0 amide bonds. The first-order valence-electron chi connectivity index (χ1n) is 27.8. The fourth-order valence-corrected chi connectivity index (χ4v) is 7.77. The number of hydrogen-bond donors (Lipinski definition) is 0. The molecule has 376 valence electrons. The van der Waals surface area contributed by atoms with Crippen LogP contribution >= 0.6 is 0 Å². The van der Waals surface area contributed by atoms with Gasteiger partial charge < -0.3 is 14.2 Å². The Kier molecular flexibility index (Phi) is 51.3. The monoisotopic (exact) mass is 909 g/mol. The molecule has 0 unspecified atom stereocenters. The van der Waals surface area contributed by atoms with Crippen molar-refractivity contribution in [3.63, 3.8) is 0 Å². The highest BCUT2D eigenvalue weighted by Crippen LogP contribution is 2.15. The topological polar surface area (TPSA) is 78.9 Å². The second-order valence-electron chi connectivity index (χ2n) is 18.5. The van der Waals surface area contributed by atoms with E-state index in [1.165, 1.54) is 154 Å². The van der Waals surface area contributed by atoms with E-state index < -0.39 is 6.10 Å². The van der Waals surface area contributed by atoms with Crippen LogP contribution in [0, 0.1) is 0 Å². The molecule has 0 aliphatic heterocycles. The Morgan fingerprint density at radius 1 is 0.308 bits per heavy atom. The van der Waals surface area contributed by atoms with E-state index in [2.05, 4.69) is 81.5 Å². The Labute approximate surface area is 402 Å². The van der Waals surface area contributed by atoms with Crippen LogP contribution in [0.25, 0.3) is 0 Å². The molecule has 0 heterocycles. The molecule has 0 saturated heterocycles. The molecule has 0 aromatic carbocycles. The van der Waals surface area contributed by atoms with Crippen LogP contribution in [-0.4, -0.2) is 37.2 Å². The van der Waals surface area contributed by atoms with E-state index in [0.29, 0.717) is 19.3 Å². The van der Waals surface area contributed by atoms with E-state index in [0.717, 1.165) is 83.5 Å². The average molecular weight is 909 g/mol. The van der Waals surface area contributed by atoms with E-state index in [9.17, 15) is 14.4 Å². The van der Waals surface area contributed by atoms with Crippen LogP contribution in [0.15, 0.2) is 60.8 Å². The normalized spacial score (nSPS) is 12.5. The third-order valence-corrected chi connectivity index (χ3v) is 12.0. The van der Waals surface area contributed by atoms with Crippen LogP contribution in [0.2, 0.25) is 0 Å². The number of unbranched alkanes of at least 4 members (excludes halogenated alkanes) is 29. The van der Waals surface area contributed by atoms with E-state index in [1.807, 2.05) is 0 Å². The van der Waals surface area contributed by atoms with Gasteiger partial charge in [0.1, 0.15) is 13.2 Å². The highest BCUT2D eigenvalue weighted by Gasteiger charge is 2.19. The van der Waals surface area contributed by atoms with Crippen molar-refractivity contribution < 1.29 is 28.6 Å². The number of esters is 3. The molecular weight excluding hydrogens is 805 g/mol. The molecule has 1 atom stereocenters. The lowest BCUT2D eigenvalue weighted by atomic mass is 10.1. The molecule has 0 fully saturated rings. The first-order valence-corrected chi connectivity index (χ1v) is 27.8. The molecule has 6 heteroatoms. The summed E-state index contributed by atoms with van der Waals surface area (Å²) in [6.07, 6.45) is 66.3. The van der Waals surface area contributed by atoms with Crippen LogP contribution in [0.4, 0.5) is 0 Å². The van der Waals surface area contributed by atoms with E-state index in [-0.39, 0.29) is 31.1 Å². The van der Waals surface area contributed by atoms with Gasteiger partial charge in [-0.05, 0) is 89.9 Å². The van der Waals surface area contributed by atoms with Crippen molar-refractivity contribution >= 4 is 17.9 Å². The summed E-state index contributed by atoms with van der Waals surface area (Å²) in [4.78, 5) is 38.0. The predicted octanol–water partition coefficient (Wildman–Crippen LogP) is 18.4. The first-order chi connectivity index (χ1) is 32.0. The lowest BCUT2D eigenvalue weighted by molar-refractivity contribution is -0.167. The molecule has 0 saturated carbocycles. The van der Waals surface area contributed by atoms with Gasteiger partial charge in [-0.25, -0.2) is 0 Å². The fourth-order valence-electron chi connectivity index (χ4n) is 7.77. The molecule has 0 aromatic rings. The summed E-state index contributed by atoms with van der Waals surface area (Å²) >= 11 is 0. The van der Waals surface area contributed by atoms with Crippen molar-refractivity contribution in [2.24, 2.45) is 0 Å². The zero-order valence-electron chi connectivity index (χ0n) is 43.0. The molecule has 0 N–H and O–H groups in total. The highest BCUT2D eigenvalue weighted by molar-refractivity contribution is 5.71. The van der Waals surface area contributed by atoms with E-state index >= 15 is 0 Å². The zero-order chi connectivity index (χ0) is 47.2. The Morgan fingerprint density at radius 3 is 0.923 bits per heavy atom. The molecule has 0 aliphatic rings. The highest BCUT2D eigenvalue weighted by atomic mass is 16.6. The van der Waals surface area contributed by atoms with Crippen LogP contribution in [-0.2, 0) is 28.6 Å². The number of hydrogen-bond acceptors (Lipinski definition) is 6. The van der Waals surface area contributed by atoms with Crippen molar-refractivity contribution in [3.05, 3.63) is 60.8 Å². The minimum absolute atomic E-state index is 0.0841. The predicted molar refractivity (Wildman–Crippen MR) is 279 cm³/mol. The molecular formula is C59H104O6. The Balaban J connectivity index is 4.40. The maximum absolute atomic E-state index is 12.8. The van der Waals surface area contributed by atoms with Gasteiger partial charge in [-0.1, -0.05) is 229 Å². The molecule has 0 aromatic heterocycles. The number of carbonyl (C=O) groups excluding carboxylic acids is 3. The number of carbonyl (C=O) groups is 3. The summed E-state index contributed by atoms with van der Waals surface area (Å²) in [5.41, 5.74) is 0. The number of allylic oxidation sites excluding steroid dienone is 10. The minimum atomic E-state index is -0.787. The maximum atomic E-state index is 12.8. The van der Waals surface area contributed by atoms with Gasteiger partial charge in [-0.15, -0.1) is 0 Å². The summed E-state index contributed by atoms with van der Waals surface area (Å²) in [6.45, 7) is 6.59. The summed E-state index contributed by atoms with van der Waals surface area (Å²) < 4.78 is 16.8. The van der Waals surface area contributed by atoms with Gasteiger partial charge in [0.25, 0.3) is 0 Å². The second kappa shape index (κ2) is 53.7. The Bertz CT molecular complexity index is 1180. The molecule has 65 heavy (non-hydrogen) atoms. The average Bonchev–Trinajstić information content (AvgIpc) is 3.30. The van der Waals surface area contributed by atoms with Crippen molar-refractivity contribution in [3.8, 4) is 0 Å². The first kappa shape index (κ1) is 62.1. The number of ether oxygens (including phenoxy) is 3. The molecule has 0 spiro atoms. The lowest BCUT2D eigenvalue weighted by Crippen LogP contribution is -2.30. The molecule has 0 aliphatic carbocycles. The molecule has 0 radical (unpaired) electrons. The fraction of sp³-hybridized carbons (Fsp3) is 0.780. The summed E-state index contributed by atoms with van der Waals surface area (Å²) in [6, 6.07) is 0. The smallest absolute Gasteiger partial charge is 0.306 e. The largest absolute Gasteiger partial charge is 0.462 e. The summed E-state index contributed by atoms with van der Waals surface area (Å²) in [5.74, 6) is -0.913. The van der Waals surface area contributed by atoms with Crippen molar-refractivity contribution in [2.45, 2.75) is 284 Å². The summed E-state index contributed by atoms with van der Waals surface area (Å²) in [5, 5.41) is 0. The number of rotatable bonds is 50. The van der Waals surface area contributed by atoms with Crippen molar-refractivity contribution in [1.29, 1.82) is 0 Å². The van der Waals surface area contributed by atoms with Gasteiger partial charge >= 0.3 is 17.9 Å². The standard InChI is InChI=1S/C59H104O6/c1-4-7-10-13-16-19-22-24-26-28-29-31-32-34-37-40-43-46-49-52-58(61)64-55-56(54-63-57(60)51-48-45-42-39-36-21-18-15-12-9-6-3)65-59(62)53-50-47-44-41-38-35-33-30-27-25-23-20-17-14-11-8-5-2/h16,19,24-27,29,31,34,37,56H,4-15,17-18,20-23,28,30,32-33,35-36,38-55H2,1-3H3/b19-16-,26-24-,27-25-,31-29-,37-34-/t56-/m1/s1. The Morgan fingerprint density at radius 2 is 0.554 bits per heavy atom. The van der Waals surface area contributed by atoms with Crippen molar-refractivity contribution in [2.75, 3.05) is 13.2 Å². The van der Waals surface area contributed by atoms with Gasteiger partial charge in [0.05, 0.1) is 0 Å². The van der Waals surface area contributed by atoms with Gasteiger partial charge in [0, 0.05) is 19.3 Å². The van der Waals surface area contributed by atoms with E-state index in [4.69, 9.17) is 14.2 Å². The SMILES string of the molecule is CCCCC/C=C\C/C=C\C/C=C\C/C=C\CCCCCC(=O)OC[C@@H](COC(=O)CCCCCCCCCCCCC)OC(=O)CCCCCCCCC/C=C\CCCCCCCC. The lowest BCUT2D eigenvalue weighted by Gasteiger charge is -2.18. The van der Waals surface area contributed by atoms with Crippen LogP contribution in [0.3, 0.4) is 0 Å². The maximum Gasteiger partial charge on any atom is 0.306 e. The van der Waals surface area contributed by atoms with Gasteiger partial charge in [-0.3, -0.25) is 14.4 Å². The minimum Gasteiger partial charge on any atom is -0.462 e. The molecule has 6 nitrogen and oxygen atoms in total. The van der Waals surface area contributed by atoms with Crippen LogP contribution in [0.5, 0.6) is 0 Å². The summed E-state index contributed by atoms with van der Waals surface area (Å²) in [7, 11) is 0. The van der Waals surface area contributed by atoms with E-state index in [1.54, 1.807) is 0 Å². The van der Waals surface area contributed by atoms with Crippen LogP contribution < -0.4 is 0 Å². The Hall–Kier alpha value is -2.89. The van der Waals surface area contributed by atoms with Gasteiger partial charge in [-0.2, -0.15) is 0 Å². The molecule has 0 bridgehead atoms. The quantitative estimate of drug-likeness (QED) is 0.0262. The second-order valence-corrected chi connectivity index (χ2v) is 18.5. The third-order valence-electron chi connectivity index (χ3n) is 12.0. The van der Waals surface area contributed by atoms with Crippen LogP contribution in [0.1, 0.15) is 278 Å². The van der Waals surface area contributed by atoms with Gasteiger partial charge in [0.15, 0.2) is 6.10 Å². The van der Waals surface area contributed by atoms with Gasteiger partial charge in [0.2, 0.25) is 0 Å². The molecule has 0 rings (SSSR count). The third kappa shape index (κ3) is 51.9. The van der Waals surface area contributed by atoms with Crippen molar-refractivity contribution in [1.82, 2.24) is 0 Å².